The molecular formula is C13H19N7O. The number of carbonyl (C=O) groups is 1. The van der Waals surface area contributed by atoms with E-state index in [1.54, 1.807) is 11.9 Å². The van der Waals surface area contributed by atoms with Crippen molar-refractivity contribution in [3.63, 3.8) is 0 Å². The molecule has 1 aromatic rings. The summed E-state index contributed by atoms with van der Waals surface area (Å²) in [6.45, 7) is 1.93. The molecule has 8 heteroatoms. The molecule has 2 N–H and O–H groups in total. The van der Waals surface area contributed by atoms with Crippen molar-refractivity contribution in [1.82, 2.24) is 25.0 Å². The van der Waals surface area contributed by atoms with Crippen LogP contribution in [0.2, 0.25) is 0 Å². The summed E-state index contributed by atoms with van der Waals surface area (Å²) < 4.78 is 0. The molecule has 0 bridgehead atoms. The lowest BCUT2D eigenvalue weighted by atomic mass is 10.0. The number of nitriles is 1. The van der Waals surface area contributed by atoms with Gasteiger partial charge in [-0.2, -0.15) is 15.3 Å². The molecule has 0 aromatic carbocycles. The number of amides is 1. The van der Waals surface area contributed by atoms with E-state index in [1.807, 2.05) is 6.07 Å². The van der Waals surface area contributed by atoms with Gasteiger partial charge in [-0.3, -0.25) is 4.79 Å². The van der Waals surface area contributed by atoms with Crippen LogP contribution in [0.15, 0.2) is 18.1 Å². The largest absolute Gasteiger partial charge is 0.338 e. The average Bonchev–Trinajstić information content (AvgIpc) is 3.01. The lowest BCUT2D eigenvalue weighted by molar-refractivity contribution is -0.128. The Balaban J connectivity index is 1.99. The zero-order valence-electron chi connectivity index (χ0n) is 12.2. The maximum Gasteiger partial charge on any atom is 0.266 e. The molecule has 1 amide bonds. The molecule has 21 heavy (non-hydrogen) atoms. The Labute approximate surface area is 123 Å². The van der Waals surface area contributed by atoms with Crippen molar-refractivity contribution >= 4 is 11.9 Å². The number of aromatic amines is 1. The predicted octanol–water partition coefficient (Wildman–Crippen LogP) is 0.177. The first-order chi connectivity index (χ1) is 10.1. The number of aromatic nitrogens is 3. The van der Waals surface area contributed by atoms with Gasteiger partial charge in [-0.05, 0) is 33.0 Å². The highest BCUT2D eigenvalue weighted by atomic mass is 16.2. The minimum atomic E-state index is -0.279. The third kappa shape index (κ3) is 3.79. The van der Waals surface area contributed by atoms with Crippen LogP contribution < -0.4 is 5.32 Å². The summed E-state index contributed by atoms with van der Waals surface area (Å²) in [7, 11) is 3.82. The van der Waals surface area contributed by atoms with Gasteiger partial charge in [-0.1, -0.05) is 0 Å². The summed E-state index contributed by atoms with van der Waals surface area (Å²) in [5.41, 5.74) is 0.0489. The van der Waals surface area contributed by atoms with E-state index < -0.39 is 0 Å². The fourth-order valence-corrected chi connectivity index (χ4v) is 2.30. The van der Waals surface area contributed by atoms with Gasteiger partial charge >= 0.3 is 0 Å². The predicted molar refractivity (Wildman–Crippen MR) is 77.0 cm³/mol. The zero-order valence-corrected chi connectivity index (χ0v) is 12.2. The normalized spacial score (nSPS) is 17.3. The highest BCUT2D eigenvalue weighted by molar-refractivity contribution is 5.97. The first-order valence-electron chi connectivity index (χ1n) is 6.79. The SMILES string of the molecule is CN1CCC(N(C)C(=O)/C(C#N)=C\Nc2ncn[nH]2)CC1. The Morgan fingerprint density at radius 3 is 2.90 bits per heavy atom. The number of hydrogen-bond acceptors (Lipinski definition) is 6. The van der Waals surface area contributed by atoms with E-state index >= 15 is 0 Å². The van der Waals surface area contributed by atoms with E-state index in [0.29, 0.717) is 5.95 Å². The Morgan fingerprint density at radius 1 is 1.62 bits per heavy atom. The van der Waals surface area contributed by atoms with Gasteiger partial charge in [0, 0.05) is 19.3 Å². The summed E-state index contributed by atoms with van der Waals surface area (Å²) in [6.07, 6.45) is 4.54. The summed E-state index contributed by atoms with van der Waals surface area (Å²) in [4.78, 5) is 20.1. The van der Waals surface area contributed by atoms with Crippen molar-refractivity contribution in [1.29, 1.82) is 5.26 Å². The molecule has 0 aliphatic carbocycles. The fraction of sp³-hybridized carbons (Fsp3) is 0.538. The molecule has 0 radical (unpaired) electrons. The molecule has 2 heterocycles. The maximum atomic E-state index is 12.3. The molecular weight excluding hydrogens is 270 g/mol. The number of piperidine rings is 1. The summed E-state index contributed by atoms with van der Waals surface area (Å²) in [5, 5.41) is 18.2. The second-order valence-electron chi connectivity index (χ2n) is 5.10. The van der Waals surface area contributed by atoms with Crippen LogP contribution >= 0.6 is 0 Å². The molecule has 2 rings (SSSR count). The maximum absolute atomic E-state index is 12.3. The van der Waals surface area contributed by atoms with Gasteiger partial charge in [-0.15, -0.1) is 0 Å². The van der Waals surface area contributed by atoms with Gasteiger partial charge in [0.1, 0.15) is 18.0 Å². The summed E-state index contributed by atoms with van der Waals surface area (Å²) >= 11 is 0. The van der Waals surface area contributed by atoms with E-state index in [9.17, 15) is 4.79 Å². The molecule has 1 aromatic heterocycles. The molecule has 1 aliphatic heterocycles. The Kier molecular flexibility index (Phi) is 4.90. The molecule has 1 fully saturated rings. The van der Waals surface area contributed by atoms with Crippen LogP contribution in [0.4, 0.5) is 5.95 Å². The van der Waals surface area contributed by atoms with E-state index in [-0.39, 0.29) is 17.5 Å². The van der Waals surface area contributed by atoms with Gasteiger partial charge < -0.3 is 15.1 Å². The Bertz CT molecular complexity index is 537. The number of nitrogens with one attached hydrogen (secondary N) is 2. The second kappa shape index (κ2) is 6.85. The second-order valence-corrected chi connectivity index (χ2v) is 5.10. The van der Waals surface area contributed by atoms with Crippen LogP contribution in [0.1, 0.15) is 12.8 Å². The van der Waals surface area contributed by atoms with Gasteiger partial charge in [0.25, 0.3) is 5.91 Å². The van der Waals surface area contributed by atoms with Crippen LogP contribution in [0.5, 0.6) is 0 Å². The number of likely N-dealkylation sites (N-methyl/N-ethyl adjacent to an activating group) is 1. The first-order valence-corrected chi connectivity index (χ1v) is 6.79. The first kappa shape index (κ1) is 15.0. The molecule has 1 saturated heterocycles. The van der Waals surface area contributed by atoms with Crippen molar-refractivity contribution < 1.29 is 4.79 Å². The van der Waals surface area contributed by atoms with Crippen molar-refractivity contribution in [2.75, 3.05) is 32.5 Å². The number of anilines is 1. The lowest BCUT2D eigenvalue weighted by Crippen LogP contribution is -2.44. The zero-order chi connectivity index (χ0) is 15.2. The topological polar surface area (TPSA) is 101 Å². The summed E-state index contributed by atoms with van der Waals surface area (Å²) in [5.74, 6) is 0.108. The van der Waals surface area contributed by atoms with Gasteiger partial charge in [0.05, 0.1) is 0 Å². The van der Waals surface area contributed by atoms with E-state index in [4.69, 9.17) is 5.26 Å². The lowest BCUT2D eigenvalue weighted by Gasteiger charge is -2.34. The highest BCUT2D eigenvalue weighted by Gasteiger charge is 2.25. The molecule has 0 spiro atoms. The van der Waals surface area contributed by atoms with E-state index in [0.717, 1.165) is 25.9 Å². The van der Waals surface area contributed by atoms with Crippen LogP contribution in [0.25, 0.3) is 0 Å². The van der Waals surface area contributed by atoms with E-state index in [2.05, 4.69) is 32.4 Å². The van der Waals surface area contributed by atoms with Gasteiger partial charge in [-0.25, -0.2) is 5.10 Å². The molecule has 112 valence electrons. The van der Waals surface area contributed by atoms with Gasteiger partial charge in [0.2, 0.25) is 5.95 Å². The van der Waals surface area contributed by atoms with Crippen molar-refractivity contribution in [3.8, 4) is 6.07 Å². The molecule has 0 saturated carbocycles. The third-order valence-corrected chi connectivity index (χ3v) is 3.68. The van der Waals surface area contributed by atoms with E-state index in [1.165, 1.54) is 12.5 Å². The molecule has 0 unspecified atom stereocenters. The number of carbonyl (C=O) groups excluding carboxylic acids is 1. The Morgan fingerprint density at radius 2 is 2.33 bits per heavy atom. The quantitative estimate of drug-likeness (QED) is 0.605. The van der Waals surface area contributed by atoms with Crippen LogP contribution in [0.3, 0.4) is 0 Å². The van der Waals surface area contributed by atoms with Crippen molar-refractivity contribution in [2.24, 2.45) is 0 Å². The summed E-state index contributed by atoms with van der Waals surface area (Å²) in [6, 6.07) is 2.10. The number of nitrogens with zero attached hydrogens (tertiary/aromatic N) is 5. The number of rotatable bonds is 4. The van der Waals surface area contributed by atoms with Crippen molar-refractivity contribution in [3.05, 3.63) is 18.1 Å². The van der Waals surface area contributed by atoms with Gasteiger partial charge in [0.15, 0.2) is 0 Å². The number of H-pyrrole nitrogens is 1. The molecule has 0 atom stereocenters. The monoisotopic (exact) mass is 289 g/mol. The number of hydrogen-bond donors (Lipinski definition) is 2. The number of likely N-dealkylation sites (tertiary alicyclic amines) is 1. The third-order valence-electron chi connectivity index (χ3n) is 3.68. The minimum absolute atomic E-state index is 0.0489. The minimum Gasteiger partial charge on any atom is -0.338 e. The molecule has 8 nitrogen and oxygen atoms in total. The Hall–Kier alpha value is -2.40. The standard InChI is InChI=1S/C13H19N7O/c1-19-5-3-11(4-6-19)20(2)12(21)10(7-14)8-15-13-16-9-17-18-13/h8-9,11H,3-6H2,1-2H3,(H2,15,16,17,18)/b10-8-. The van der Waals surface area contributed by atoms with Crippen LogP contribution in [0, 0.1) is 11.3 Å². The highest BCUT2D eigenvalue weighted by Crippen LogP contribution is 2.16. The van der Waals surface area contributed by atoms with Crippen molar-refractivity contribution in [2.45, 2.75) is 18.9 Å². The van der Waals surface area contributed by atoms with Crippen LogP contribution in [-0.2, 0) is 4.79 Å². The van der Waals surface area contributed by atoms with Crippen LogP contribution in [-0.4, -0.2) is 64.1 Å². The smallest absolute Gasteiger partial charge is 0.266 e. The average molecular weight is 289 g/mol. The molecule has 1 aliphatic rings. The fourth-order valence-electron chi connectivity index (χ4n) is 2.30.